The van der Waals surface area contributed by atoms with E-state index in [0.29, 0.717) is 22.2 Å². The highest BCUT2D eigenvalue weighted by molar-refractivity contribution is 9.10. The van der Waals surface area contributed by atoms with Crippen molar-refractivity contribution in [2.45, 2.75) is 39.2 Å². The van der Waals surface area contributed by atoms with Gasteiger partial charge in [0.05, 0.1) is 5.56 Å². The molecule has 2 aromatic rings. The molecule has 0 aliphatic heterocycles. The minimum Gasteiger partial charge on any atom is -0.481 e. The van der Waals surface area contributed by atoms with Crippen LogP contribution in [0.4, 0.5) is 5.00 Å². The predicted octanol–water partition coefficient (Wildman–Crippen LogP) is 4.14. The van der Waals surface area contributed by atoms with Gasteiger partial charge in [0.25, 0.3) is 11.8 Å². The highest BCUT2D eigenvalue weighted by Gasteiger charge is 2.28. The fourth-order valence-corrected chi connectivity index (χ4v) is 4.91. The first-order valence-corrected chi connectivity index (χ1v) is 10.1. The summed E-state index contributed by atoms with van der Waals surface area (Å²) in [7, 11) is 0. The summed E-state index contributed by atoms with van der Waals surface area (Å²) in [4.78, 5) is 25.7. The van der Waals surface area contributed by atoms with Crippen LogP contribution < -0.4 is 15.8 Å². The number of nitrogens with one attached hydrogen (secondary N) is 1. The highest BCUT2D eigenvalue weighted by atomic mass is 79.9. The minimum absolute atomic E-state index is 0.306. The third-order valence-corrected chi connectivity index (χ3v) is 6.14. The lowest BCUT2D eigenvalue weighted by atomic mass is 9.88. The monoisotopic (exact) mass is 436 g/mol. The maximum Gasteiger partial charge on any atom is 0.265 e. The van der Waals surface area contributed by atoms with Crippen molar-refractivity contribution in [3.8, 4) is 5.75 Å². The molecule has 0 bridgehead atoms. The number of carbonyl (C=O) groups is 2. The van der Waals surface area contributed by atoms with Gasteiger partial charge < -0.3 is 15.8 Å². The zero-order valence-electron chi connectivity index (χ0n) is 14.7. The molecule has 1 aliphatic rings. The summed E-state index contributed by atoms with van der Waals surface area (Å²) < 4.78 is 6.57. The Bertz CT molecular complexity index is 849. The van der Waals surface area contributed by atoms with E-state index in [4.69, 9.17) is 10.5 Å². The summed E-state index contributed by atoms with van der Waals surface area (Å²) in [5, 5.41) is 3.37. The SMILES string of the molecule is CC1CCc2c(sc(NC(=O)C(C)Oc3cccc(Br)c3)c2C(N)=O)C1. The Hall–Kier alpha value is -1.86. The molecular formula is C19H21BrN2O3S. The van der Waals surface area contributed by atoms with Crippen LogP contribution >= 0.6 is 27.3 Å². The van der Waals surface area contributed by atoms with Gasteiger partial charge in [0.15, 0.2) is 6.10 Å². The summed E-state index contributed by atoms with van der Waals surface area (Å²) in [5.74, 6) is 0.368. The molecule has 0 fully saturated rings. The first-order chi connectivity index (χ1) is 12.3. The van der Waals surface area contributed by atoms with Crippen molar-refractivity contribution in [1.29, 1.82) is 0 Å². The third-order valence-electron chi connectivity index (χ3n) is 4.47. The molecule has 1 aliphatic carbocycles. The highest BCUT2D eigenvalue weighted by Crippen LogP contribution is 2.39. The molecule has 0 saturated heterocycles. The number of primary amides is 1. The average molecular weight is 437 g/mol. The van der Waals surface area contributed by atoms with Gasteiger partial charge in [0.2, 0.25) is 0 Å². The predicted molar refractivity (Wildman–Crippen MR) is 107 cm³/mol. The van der Waals surface area contributed by atoms with Crippen LogP contribution in [-0.2, 0) is 17.6 Å². The molecule has 3 rings (SSSR count). The van der Waals surface area contributed by atoms with Crippen LogP contribution in [0.25, 0.3) is 0 Å². The van der Waals surface area contributed by atoms with Crippen LogP contribution in [-0.4, -0.2) is 17.9 Å². The fourth-order valence-electron chi connectivity index (χ4n) is 3.11. The molecule has 1 heterocycles. The Balaban J connectivity index is 1.77. The molecule has 0 spiro atoms. The normalized spacial score (nSPS) is 17.3. The van der Waals surface area contributed by atoms with Crippen LogP contribution in [0.1, 0.15) is 41.1 Å². The van der Waals surface area contributed by atoms with Crippen molar-refractivity contribution >= 4 is 44.1 Å². The van der Waals surface area contributed by atoms with E-state index in [-0.39, 0.29) is 5.91 Å². The Labute approximate surface area is 165 Å². The van der Waals surface area contributed by atoms with E-state index in [9.17, 15) is 9.59 Å². The number of anilines is 1. The summed E-state index contributed by atoms with van der Waals surface area (Å²) in [6, 6.07) is 7.30. The minimum atomic E-state index is -0.705. The van der Waals surface area contributed by atoms with Gasteiger partial charge in [-0.15, -0.1) is 11.3 Å². The van der Waals surface area contributed by atoms with E-state index in [1.54, 1.807) is 19.1 Å². The number of rotatable bonds is 5. The Morgan fingerprint density at radius 3 is 2.88 bits per heavy atom. The summed E-state index contributed by atoms with van der Waals surface area (Å²) in [6.07, 6.45) is 2.06. The van der Waals surface area contributed by atoms with Crippen molar-refractivity contribution in [3.05, 3.63) is 44.7 Å². The number of hydrogen-bond donors (Lipinski definition) is 2. The molecule has 7 heteroatoms. The van der Waals surface area contributed by atoms with Crippen molar-refractivity contribution in [2.75, 3.05) is 5.32 Å². The van der Waals surface area contributed by atoms with Crippen molar-refractivity contribution in [3.63, 3.8) is 0 Å². The lowest BCUT2D eigenvalue weighted by molar-refractivity contribution is -0.122. The van der Waals surface area contributed by atoms with Gasteiger partial charge in [-0.3, -0.25) is 9.59 Å². The third kappa shape index (κ3) is 4.10. The van der Waals surface area contributed by atoms with Crippen molar-refractivity contribution in [2.24, 2.45) is 11.7 Å². The Morgan fingerprint density at radius 1 is 1.42 bits per heavy atom. The van der Waals surface area contributed by atoms with Gasteiger partial charge in [0, 0.05) is 9.35 Å². The molecular weight excluding hydrogens is 416 g/mol. The van der Waals surface area contributed by atoms with Crippen LogP contribution in [0, 0.1) is 5.92 Å². The van der Waals surface area contributed by atoms with E-state index in [1.807, 2.05) is 12.1 Å². The first kappa shape index (κ1) is 18.9. The lowest BCUT2D eigenvalue weighted by Crippen LogP contribution is -2.30. The van der Waals surface area contributed by atoms with E-state index in [1.165, 1.54) is 11.3 Å². The Morgan fingerprint density at radius 2 is 2.19 bits per heavy atom. The molecule has 2 amide bonds. The van der Waals surface area contributed by atoms with E-state index < -0.39 is 12.0 Å². The van der Waals surface area contributed by atoms with Crippen molar-refractivity contribution in [1.82, 2.24) is 0 Å². The molecule has 2 unspecified atom stereocenters. The van der Waals surface area contributed by atoms with Gasteiger partial charge in [-0.2, -0.15) is 0 Å². The summed E-state index contributed by atoms with van der Waals surface area (Å²) in [6.45, 7) is 3.87. The molecule has 1 aromatic heterocycles. The van der Waals surface area contributed by atoms with E-state index in [2.05, 4.69) is 28.2 Å². The van der Waals surface area contributed by atoms with Gasteiger partial charge in [-0.25, -0.2) is 0 Å². The van der Waals surface area contributed by atoms with E-state index in [0.717, 1.165) is 34.2 Å². The molecule has 26 heavy (non-hydrogen) atoms. The number of halogens is 1. The topological polar surface area (TPSA) is 81.4 Å². The van der Waals surface area contributed by atoms with Crippen LogP contribution in [0.2, 0.25) is 0 Å². The smallest absolute Gasteiger partial charge is 0.265 e. The van der Waals surface area contributed by atoms with Crippen molar-refractivity contribution < 1.29 is 14.3 Å². The lowest BCUT2D eigenvalue weighted by Gasteiger charge is -2.18. The maximum atomic E-state index is 12.6. The average Bonchev–Trinajstić information content (AvgIpc) is 2.91. The standard InChI is InChI=1S/C19H21BrN2O3S/c1-10-6-7-14-15(8-10)26-19(16(14)17(21)23)22-18(24)11(2)25-13-5-3-4-12(20)9-13/h3-5,9-11H,6-8H2,1-2H3,(H2,21,23)(H,22,24). The summed E-state index contributed by atoms with van der Waals surface area (Å²) >= 11 is 4.83. The molecule has 2 atom stereocenters. The number of ether oxygens (including phenoxy) is 1. The molecule has 5 nitrogen and oxygen atoms in total. The van der Waals surface area contributed by atoms with Crippen LogP contribution in [0.15, 0.2) is 28.7 Å². The van der Waals surface area contributed by atoms with Gasteiger partial charge in [-0.05, 0) is 55.9 Å². The van der Waals surface area contributed by atoms with Crippen LogP contribution in [0.5, 0.6) is 5.75 Å². The molecule has 1 aromatic carbocycles. The second-order valence-electron chi connectivity index (χ2n) is 6.63. The number of carbonyl (C=O) groups excluding carboxylic acids is 2. The Kier molecular flexibility index (Phi) is 5.67. The number of benzene rings is 1. The number of thiophene rings is 1. The van der Waals surface area contributed by atoms with E-state index >= 15 is 0 Å². The number of fused-ring (bicyclic) bond motifs is 1. The zero-order chi connectivity index (χ0) is 18.8. The second-order valence-corrected chi connectivity index (χ2v) is 8.65. The molecule has 138 valence electrons. The fraction of sp³-hybridized carbons (Fsp3) is 0.368. The summed E-state index contributed by atoms with van der Waals surface area (Å²) in [5.41, 5.74) is 7.04. The van der Waals surface area contributed by atoms with Gasteiger partial charge >= 0.3 is 0 Å². The number of amides is 2. The second kappa shape index (κ2) is 7.80. The largest absolute Gasteiger partial charge is 0.481 e. The molecule has 0 radical (unpaired) electrons. The maximum absolute atomic E-state index is 12.6. The number of nitrogens with two attached hydrogens (primary N) is 1. The molecule has 3 N–H and O–H groups in total. The van der Waals surface area contributed by atoms with Gasteiger partial charge in [0.1, 0.15) is 10.8 Å². The van der Waals surface area contributed by atoms with Gasteiger partial charge in [-0.1, -0.05) is 28.9 Å². The zero-order valence-corrected chi connectivity index (χ0v) is 17.1. The molecule has 0 saturated carbocycles. The quantitative estimate of drug-likeness (QED) is 0.738. The number of hydrogen-bond acceptors (Lipinski definition) is 4. The van der Waals surface area contributed by atoms with Crippen LogP contribution in [0.3, 0.4) is 0 Å². The first-order valence-electron chi connectivity index (χ1n) is 8.52.